The first-order valence-electron chi connectivity index (χ1n) is 3.60. The lowest BCUT2D eigenvalue weighted by Crippen LogP contribution is -1.91. The number of hydrogen-bond acceptors (Lipinski definition) is 4. The Bertz CT molecular complexity index is 365. The van der Waals surface area contributed by atoms with Crippen LogP contribution < -0.4 is 0 Å². The quantitative estimate of drug-likeness (QED) is 0.484. The largest absolute Gasteiger partial charge is 0.302 e. The van der Waals surface area contributed by atoms with Crippen LogP contribution >= 0.6 is 11.8 Å². The maximum atomic E-state index is 10.1. The molecule has 2 heterocycles. The topological polar surface area (TPSA) is 47.2 Å². The van der Waals surface area contributed by atoms with Crippen molar-refractivity contribution < 1.29 is 4.79 Å². The second-order valence-corrected chi connectivity index (χ2v) is 3.57. The van der Waals surface area contributed by atoms with E-state index in [1.165, 1.54) is 0 Å². The van der Waals surface area contributed by atoms with Gasteiger partial charge in [-0.3, -0.25) is 0 Å². The minimum atomic E-state index is 0.657. The summed E-state index contributed by atoms with van der Waals surface area (Å²) in [7, 11) is 0. The highest BCUT2D eigenvalue weighted by molar-refractivity contribution is 7.99. The Hall–Kier alpha value is -1.06. The van der Waals surface area contributed by atoms with Crippen molar-refractivity contribution in [2.24, 2.45) is 4.99 Å². The lowest BCUT2D eigenvalue weighted by Gasteiger charge is -1.95. The summed E-state index contributed by atoms with van der Waals surface area (Å²) in [4.78, 5) is 18.0. The van der Waals surface area contributed by atoms with E-state index in [9.17, 15) is 4.79 Å². The van der Waals surface area contributed by atoms with E-state index in [1.807, 2.05) is 11.5 Å². The average molecular weight is 181 g/mol. The average Bonchev–Trinajstić information content (AvgIpc) is 2.56. The number of isocyanates is 1. The van der Waals surface area contributed by atoms with Gasteiger partial charge in [-0.15, -0.1) is 4.99 Å². The van der Waals surface area contributed by atoms with Crippen molar-refractivity contribution in [2.45, 2.75) is 18.6 Å². The molecule has 12 heavy (non-hydrogen) atoms. The molecular formula is C7H7N3OS. The highest BCUT2D eigenvalue weighted by Crippen LogP contribution is 2.31. The van der Waals surface area contributed by atoms with Gasteiger partial charge in [-0.2, -0.15) is 0 Å². The zero-order valence-corrected chi connectivity index (χ0v) is 7.39. The second kappa shape index (κ2) is 2.77. The predicted molar refractivity (Wildman–Crippen MR) is 45.5 cm³/mol. The number of aryl methyl sites for hydroxylation is 1. The van der Waals surface area contributed by atoms with Crippen LogP contribution in [0.15, 0.2) is 10.1 Å². The van der Waals surface area contributed by atoms with Crippen LogP contribution in [0.1, 0.15) is 5.69 Å². The van der Waals surface area contributed by atoms with Crippen LogP contribution in [0.4, 0.5) is 5.82 Å². The maximum Gasteiger partial charge on any atom is 0.242 e. The number of carbonyl (C=O) groups excluding carboxylic acids is 1. The summed E-state index contributed by atoms with van der Waals surface area (Å²) >= 11 is 1.69. The fourth-order valence-electron chi connectivity index (χ4n) is 1.26. The molecule has 0 atom stereocenters. The van der Waals surface area contributed by atoms with E-state index in [2.05, 4.69) is 9.98 Å². The number of imidazole rings is 1. The van der Waals surface area contributed by atoms with Gasteiger partial charge < -0.3 is 4.57 Å². The van der Waals surface area contributed by atoms with E-state index < -0.39 is 0 Å². The monoisotopic (exact) mass is 181 g/mol. The third-order valence-corrected chi connectivity index (χ3v) is 2.73. The van der Waals surface area contributed by atoms with Crippen LogP contribution in [0.3, 0.4) is 0 Å². The van der Waals surface area contributed by atoms with Crippen molar-refractivity contribution in [2.75, 3.05) is 5.75 Å². The van der Waals surface area contributed by atoms with Crippen molar-refractivity contribution in [1.82, 2.24) is 9.55 Å². The molecule has 0 fully saturated rings. The molecule has 1 aliphatic heterocycles. The van der Waals surface area contributed by atoms with Crippen molar-refractivity contribution in [3.8, 4) is 0 Å². The summed E-state index contributed by atoms with van der Waals surface area (Å²) in [6.45, 7) is 2.74. The van der Waals surface area contributed by atoms with Crippen LogP contribution in [-0.2, 0) is 11.3 Å². The lowest BCUT2D eigenvalue weighted by molar-refractivity contribution is 0.564. The maximum absolute atomic E-state index is 10.1. The van der Waals surface area contributed by atoms with Gasteiger partial charge in [0.1, 0.15) is 0 Å². The molecule has 0 radical (unpaired) electrons. The summed E-state index contributed by atoms with van der Waals surface area (Å²) in [5.41, 5.74) is 0.806. The highest BCUT2D eigenvalue weighted by Gasteiger charge is 2.18. The number of thioether (sulfide) groups is 1. The van der Waals surface area contributed by atoms with Crippen LogP contribution in [-0.4, -0.2) is 21.4 Å². The first-order chi connectivity index (χ1) is 5.83. The van der Waals surface area contributed by atoms with Crippen LogP contribution in [0.25, 0.3) is 0 Å². The fraction of sp³-hybridized carbons (Fsp3) is 0.429. The van der Waals surface area contributed by atoms with Crippen LogP contribution in [0, 0.1) is 6.92 Å². The number of aromatic nitrogens is 2. The van der Waals surface area contributed by atoms with Gasteiger partial charge in [0.2, 0.25) is 6.08 Å². The molecule has 4 nitrogen and oxygen atoms in total. The molecule has 0 amide bonds. The first-order valence-corrected chi connectivity index (χ1v) is 4.59. The summed E-state index contributed by atoms with van der Waals surface area (Å²) in [6, 6.07) is 0. The molecule has 0 spiro atoms. The Balaban J connectivity index is 2.58. The molecular weight excluding hydrogens is 174 g/mol. The van der Waals surface area contributed by atoms with Crippen molar-refractivity contribution in [3.63, 3.8) is 0 Å². The van der Waals surface area contributed by atoms with Crippen molar-refractivity contribution in [3.05, 3.63) is 5.69 Å². The lowest BCUT2D eigenvalue weighted by atomic mass is 10.5. The smallest absolute Gasteiger partial charge is 0.242 e. The summed E-state index contributed by atoms with van der Waals surface area (Å²) < 4.78 is 1.95. The molecule has 0 N–H and O–H groups in total. The van der Waals surface area contributed by atoms with E-state index in [-0.39, 0.29) is 0 Å². The van der Waals surface area contributed by atoms with Crippen LogP contribution in [0.5, 0.6) is 0 Å². The Kier molecular flexibility index (Phi) is 1.75. The fourth-order valence-corrected chi connectivity index (χ4v) is 2.26. The van der Waals surface area contributed by atoms with Gasteiger partial charge >= 0.3 is 0 Å². The Morgan fingerprint density at radius 1 is 1.75 bits per heavy atom. The molecule has 0 aromatic carbocycles. The molecule has 5 heteroatoms. The zero-order chi connectivity index (χ0) is 8.55. The minimum Gasteiger partial charge on any atom is -0.302 e. The first kappa shape index (κ1) is 7.58. The van der Waals surface area contributed by atoms with Gasteiger partial charge in [0.05, 0.1) is 5.69 Å². The molecule has 1 aromatic heterocycles. The third-order valence-electron chi connectivity index (χ3n) is 1.77. The number of hydrogen-bond donors (Lipinski definition) is 0. The van der Waals surface area contributed by atoms with E-state index in [4.69, 9.17) is 0 Å². The van der Waals surface area contributed by atoms with Gasteiger partial charge in [0.25, 0.3) is 0 Å². The van der Waals surface area contributed by atoms with E-state index >= 15 is 0 Å². The summed E-state index contributed by atoms with van der Waals surface area (Å²) in [5.74, 6) is 1.68. The summed E-state index contributed by atoms with van der Waals surface area (Å²) in [5, 5.41) is 0.960. The van der Waals surface area contributed by atoms with Gasteiger partial charge in [-0.1, -0.05) is 11.8 Å². The van der Waals surface area contributed by atoms with Crippen LogP contribution in [0.2, 0.25) is 0 Å². The van der Waals surface area contributed by atoms with E-state index in [0.29, 0.717) is 5.82 Å². The summed E-state index contributed by atoms with van der Waals surface area (Å²) in [6.07, 6.45) is 1.55. The highest BCUT2D eigenvalue weighted by atomic mass is 32.2. The SMILES string of the molecule is Cc1nc2n(c1N=C=O)CCS2. The molecule has 2 rings (SSSR count). The molecule has 0 saturated heterocycles. The molecule has 0 aliphatic carbocycles. The molecule has 62 valence electrons. The van der Waals surface area contributed by atoms with Gasteiger partial charge in [-0.05, 0) is 6.92 Å². The van der Waals surface area contributed by atoms with E-state index in [1.54, 1.807) is 17.8 Å². The Morgan fingerprint density at radius 3 is 3.33 bits per heavy atom. The van der Waals surface area contributed by atoms with Gasteiger partial charge in [-0.25, -0.2) is 9.78 Å². The van der Waals surface area contributed by atoms with E-state index in [0.717, 1.165) is 23.1 Å². The number of rotatable bonds is 1. The zero-order valence-electron chi connectivity index (χ0n) is 6.57. The number of nitrogens with zero attached hydrogens (tertiary/aromatic N) is 3. The molecule has 1 aromatic rings. The number of aliphatic imine (C=N–C) groups is 1. The Morgan fingerprint density at radius 2 is 2.58 bits per heavy atom. The predicted octanol–water partition coefficient (Wildman–Crippen LogP) is 1.26. The molecule has 0 unspecified atom stereocenters. The molecule has 0 bridgehead atoms. The second-order valence-electron chi connectivity index (χ2n) is 2.51. The van der Waals surface area contributed by atoms with Gasteiger partial charge in [0.15, 0.2) is 11.0 Å². The normalized spacial score (nSPS) is 14.1. The Labute approximate surface area is 73.7 Å². The third kappa shape index (κ3) is 0.983. The van der Waals surface area contributed by atoms with Crippen molar-refractivity contribution >= 4 is 23.7 Å². The minimum absolute atomic E-state index is 0.657. The molecule has 0 saturated carbocycles. The van der Waals surface area contributed by atoms with Gasteiger partial charge in [0, 0.05) is 12.3 Å². The van der Waals surface area contributed by atoms with Crippen molar-refractivity contribution in [1.29, 1.82) is 0 Å². The molecule has 1 aliphatic rings. The standard InChI is InChI=1S/C7H7N3OS/c1-5-6(8-4-11)10-2-3-12-7(10)9-5/h2-3H2,1H3. The number of fused-ring (bicyclic) bond motifs is 1.